The van der Waals surface area contributed by atoms with E-state index in [1.807, 2.05) is 30.3 Å². The second-order valence-electron chi connectivity index (χ2n) is 3.06. The van der Waals surface area contributed by atoms with Crippen molar-refractivity contribution in [2.75, 3.05) is 13.1 Å². The summed E-state index contributed by atoms with van der Waals surface area (Å²) in [6.45, 7) is 1.32. The van der Waals surface area contributed by atoms with Gasteiger partial charge in [0, 0.05) is 6.54 Å². The van der Waals surface area contributed by atoms with Gasteiger partial charge in [-0.05, 0) is 5.56 Å². The van der Waals surface area contributed by atoms with Gasteiger partial charge in [-0.25, -0.2) is 0 Å². The number of benzene rings is 1. The van der Waals surface area contributed by atoms with E-state index in [2.05, 4.69) is 5.32 Å². The average Bonchev–Trinajstić information content (AvgIpc) is 2.53. The molecule has 1 aliphatic rings. The van der Waals surface area contributed by atoms with Gasteiger partial charge >= 0.3 is 0 Å². The zero-order valence-corrected chi connectivity index (χ0v) is 6.79. The van der Waals surface area contributed by atoms with Crippen LogP contribution in [0.1, 0.15) is 11.5 Å². The van der Waals surface area contributed by atoms with Crippen LogP contribution >= 0.6 is 0 Å². The number of hydrogen-bond acceptors (Lipinski definition) is 2. The Morgan fingerprint density at radius 2 is 2.00 bits per heavy atom. The van der Waals surface area contributed by atoms with E-state index in [-0.39, 0.29) is 5.92 Å². The fourth-order valence-electron chi connectivity index (χ4n) is 1.57. The summed E-state index contributed by atoms with van der Waals surface area (Å²) >= 11 is 0. The van der Waals surface area contributed by atoms with Gasteiger partial charge in [0.05, 0.1) is 12.5 Å². The average molecular weight is 161 g/mol. The number of carbonyl (C=O) groups excluding carboxylic acids is 1. The molecule has 2 rings (SSSR count). The number of hydrogen-bond donors (Lipinski definition) is 1. The topological polar surface area (TPSA) is 29.1 Å². The van der Waals surface area contributed by atoms with Crippen LogP contribution in [-0.4, -0.2) is 18.9 Å². The van der Waals surface area contributed by atoms with E-state index in [4.69, 9.17) is 0 Å². The Labute approximate surface area is 71.6 Å². The van der Waals surface area contributed by atoms with E-state index in [1.54, 1.807) is 0 Å². The van der Waals surface area contributed by atoms with E-state index >= 15 is 0 Å². The van der Waals surface area contributed by atoms with Crippen LogP contribution in [0.2, 0.25) is 0 Å². The van der Waals surface area contributed by atoms with Crippen molar-refractivity contribution in [3.05, 3.63) is 35.9 Å². The van der Waals surface area contributed by atoms with Crippen LogP contribution in [-0.2, 0) is 4.79 Å². The molecule has 1 saturated heterocycles. The lowest BCUT2D eigenvalue weighted by Crippen LogP contribution is -2.08. The zero-order chi connectivity index (χ0) is 8.39. The molecule has 0 radical (unpaired) electrons. The lowest BCUT2D eigenvalue weighted by atomic mass is 9.98. The van der Waals surface area contributed by atoms with Gasteiger partial charge < -0.3 is 5.32 Å². The van der Waals surface area contributed by atoms with Crippen LogP contribution in [0, 0.1) is 0 Å². The van der Waals surface area contributed by atoms with E-state index in [1.165, 1.54) is 0 Å². The molecular formula is C10H11NO. The molecule has 2 heteroatoms. The predicted molar refractivity (Wildman–Crippen MR) is 47.1 cm³/mol. The number of rotatable bonds is 1. The minimum atomic E-state index is 0.0891. The Hall–Kier alpha value is -1.15. The first-order chi connectivity index (χ1) is 5.88. The molecule has 1 N–H and O–H groups in total. The third-order valence-electron chi connectivity index (χ3n) is 2.24. The van der Waals surface area contributed by atoms with Crippen molar-refractivity contribution in [1.29, 1.82) is 0 Å². The molecule has 0 aromatic heterocycles. The van der Waals surface area contributed by atoms with Gasteiger partial charge in [0.25, 0.3) is 0 Å². The number of Topliss-reactive ketones (excluding diaryl/α,β-unsaturated/α-hetero) is 1. The monoisotopic (exact) mass is 161 g/mol. The molecule has 0 amide bonds. The molecular weight excluding hydrogens is 150 g/mol. The van der Waals surface area contributed by atoms with Gasteiger partial charge in [0.2, 0.25) is 0 Å². The Kier molecular flexibility index (Phi) is 1.92. The summed E-state index contributed by atoms with van der Waals surface area (Å²) in [5, 5.41) is 3.07. The lowest BCUT2D eigenvalue weighted by Gasteiger charge is -2.05. The van der Waals surface area contributed by atoms with E-state index < -0.39 is 0 Å². The van der Waals surface area contributed by atoms with Crippen LogP contribution in [0.3, 0.4) is 0 Å². The highest BCUT2D eigenvalue weighted by atomic mass is 16.1. The molecule has 0 spiro atoms. The molecule has 62 valence electrons. The summed E-state index contributed by atoms with van der Waals surface area (Å²) in [6, 6.07) is 9.93. The molecule has 1 heterocycles. The highest BCUT2D eigenvalue weighted by Crippen LogP contribution is 2.18. The Morgan fingerprint density at radius 1 is 1.25 bits per heavy atom. The molecule has 0 unspecified atom stereocenters. The third-order valence-corrected chi connectivity index (χ3v) is 2.24. The third kappa shape index (κ3) is 1.25. The summed E-state index contributed by atoms with van der Waals surface area (Å²) in [4.78, 5) is 11.3. The van der Waals surface area contributed by atoms with Gasteiger partial charge in [-0.3, -0.25) is 4.79 Å². The Morgan fingerprint density at radius 3 is 2.58 bits per heavy atom. The standard InChI is InChI=1S/C10H11NO/c12-10-7-11-6-9(10)8-4-2-1-3-5-8/h1-5,9,11H,6-7H2/t9-/m1/s1. The maximum atomic E-state index is 11.3. The predicted octanol–water partition coefficient (Wildman–Crippen LogP) is 0.943. The maximum Gasteiger partial charge on any atom is 0.155 e. The molecule has 0 bridgehead atoms. The molecule has 1 aliphatic heterocycles. The molecule has 1 aromatic carbocycles. The van der Waals surface area contributed by atoms with Crippen LogP contribution in [0.25, 0.3) is 0 Å². The Bertz CT molecular complexity index is 281. The van der Waals surface area contributed by atoms with E-state index in [0.717, 1.165) is 12.1 Å². The molecule has 1 fully saturated rings. The minimum Gasteiger partial charge on any atom is -0.309 e. The number of carbonyl (C=O) groups is 1. The smallest absolute Gasteiger partial charge is 0.155 e. The van der Waals surface area contributed by atoms with Crippen molar-refractivity contribution in [2.24, 2.45) is 0 Å². The van der Waals surface area contributed by atoms with E-state index in [9.17, 15) is 4.79 Å². The van der Waals surface area contributed by atoms with Crippen molar-refractivity contribution >= 4 is 5.78 Å². The first kappa shape index (κ1) is 7.50. The normalized spacial score (nSPS) is 23.0. The van der Waals surface area contributed by atoms with E-state index in [0.29, 0.717) is 12.3 Å². The van der Waals surface area contributed by atoms with Gasteiger partial charge in [-0.15, -0.1) is 0 Å². The first-order valence-electron chi connectivity index (χ1n) is 4.16. The SMILES string of the molecule is O=C1CNC[C@@H]1c1ccccc1. The molecule has 1 aromatic rings. The second kappa shape index (κ2) is 3.07. The second-order valence-corrected chi connectivity index (χ2v) is 3.06. The molecule has 0 saturated carbocycles. The largest absolute Gasteiger partial charge is 0.309 e. The molecule has 12 heavy (non-hydrogen) atoms. The van der Waals surface area contributed by atoms with Crippen LogP contribution in [0.4, 0.5) is 0 Å². The number of ketones is 1. The summed E-state index contributed by atoms with van der Waals surface area (Å²) in [5.74, 6) is 0.396. The van der Waals surface area contributed by atoms with Gasteiger partial charge in [-0.2, -0.15) is 0 Å². The summed E-state index contributed by atoms with van der Waals surface area (Å²) in [6.07, 6.45) is 0. The van der Waals surface area contributed by atoms with Crippen molar-refractivity contribution in [1.82, 2.24) is 5.32 Å². The maximum absolute atomic E-state index is 11.3. The lowest BCUT2D eigenvalue weighted by molar-refractivity contribution is -0.117. The van der Waals surface area contributed by atoms with Crippen LogP contribution < -0.4 is 5.32 Å². The fraction of sp³-hybridized carbons (Fsp3) is 0.300. The van der Waals surface area contributed by atoms with Gasteiger partial charge in [0.1, 0.15) is 0 Å². The molecule has 2 nitrogen and oxygen atoms in total. The Balaban J connectivity index is 2.25. The zero-order valence-electron chi connectivity index (χ0n) is 6.79. The van der Waals surface area contributed by atoms with Gasteiger partial charge in [-0.1, -0.05) is 30.3 Å². The summed E-state index contributed by atoms with van der Waals surface area (Å²) in [5.41, 5.74) is 1.13. The highest BCUT2D eigenvalue weighted by molar-refractivity contribution is 5.89. The van der Waals surface area contributed by atoms with Crippen LogP contribution in [0.5, 0.6) is 0 Å². The minimum absolute atomic E-state index is 0.0891. The molecule has 0 aliphatic carbocycles. The van der Waals surface area contributed by atoms with Crippen LogP contribution in [0.15, 0.2) is 30.3 Å². The molecule has 1 atom stereocenters. The van der Waals surface area contributed by atoms with Crippen molar-refractivity contribution in [3.63, 3.8) is 0 Å². The van der Waals surface area contributed by atoms with Crippen molar-refractivity contribution in [3.8, 4) is 0 Å². The summed E-state index contributed by atoms with van der Waals surface area (Å²) < 4.78 is 0. The summed E-state index contributed by atoms with van der Waals surface area (Å²) in [7, 11) is 0. The van der Waals surface area contributed by atoms with Crippen molar-refractivity contribution < 1.29 is 4.79 Å². The van der Waals surface area contributed by atoms with Gasteiger partial charge in [0.15, 0.2) is 5.78 Å². The van der Waals surface area contributed by atoms with Crippen molar-refractivity contribution in [2.45, 2.75) is 5.92 Å². The fourth-order valence-corrected chi connectivity index (χ4v) is 1.57. The quantitative estimate of drug-likeness (QED) is 0.664. The highest BCUT2D eigenvalue weighted by Gasteiger charge is 2.24. The number of nitrogens with one attached hydrogen (secondary N) is 1. The first-order valence-corrected chi connectivity index (χ1v) is 4.16.